The molecule has 0 bridgehead atoms. The number of carbonyl (C=O) groups excluding carboxylic acids is 1. The van der Waals surface area contributed by atoms with E-state index >= 15 is 0 Å². The smallest absolute Gasteiger partial charge is 0.234 e. The molecule has 5 nitrogen and oxygen atoms in total. The lowest BCUT2D eigenvalue weighted by Crippen LogP contribution is -2.34. The first kappa shape index (κ1) is 15.7. The van der Waals surface area contributed by atoms with Crippen LogP contribution >= 0.6 is 0 Å². The molecule has 2 N–H and O–H groups in total. The third kappa shape index (κ3) is 4.16. The summed E-state index contributed by atoms with van der Waals surface area (Å²) in [5.74, 6) is 1.08. The monoisotopic (exact) mass is 316 g/mol. The number of halogens is 1. The molecule has 1 amide bonds. The predicted molar refractivity (Wildman–Crippen MR) is 85.7 cm³/mol. The van der Waals surface area contributed by atoms with E-state index in [0.717, 1.165) is 23.9 Å². The van der Waals surface area contributed by atoms with E-state index in [1.165, 1.54) is 18.9 Å². The Morgan fingerprint density at radius 1 is 1.43 bits per heavy atom. The zero-order valence-electron chi connectivity index (χ0n) is 13.2. The number of aryl methyl sites for hydroxylation is 1. The number of aromatic nitrogens is 2. The minimum Gasteiger partial charge on any atom is -0.351 e. The van der Waals surface area contributed by atoms with E-state index in [0.29, 0.717) is 18.8 Å². The van der Waals surface area contributed by atoms with Gasteiger partial charge in [0, 0.05) is 18.9 Å². The van der Waals surface area contributed by atoms with Crippen molar-refractivity contribution in [2.24, 2.45) is 5.92 Å². The molecule has 23 heavy (non-hydrogen) atoms. The molecule has 0 unspecified atom stereocenters. The van der Waals surface area contributed by atoms with E-state index < -0.39 is 0 Å². The largest absolute Gasteiger partial charge is 0.351 e. The van der Waals surface area contributed by atoms with E-state index in [4.69, 9.17) is 0 Å². The van der Waals surface area contributed by atoms with Crippen molar-refractivity contribution >= 4 is 5.91 Å². The van der Waals surface area contributed by atoms with E-state index in [1.807, 2.05) is 13.0 Å². The molecule has 1 fully saturated rings. The number of carbonyl (C=O) groups is 1. The van der Waals surface area contributed by atoms with Crippen LogP contribution in [-0.4, -0.2) is 28.5 Å². The third-order valence-electron chi connectivity index (χ3n) is 4.00. The summed E-state index contributed by atoms with van der Waals surface area (Å²) in [4.78, 5) is 15.8. The first-order valence-electron chi connectivity index (χ1n) is 7.89. The summed E-state index contributed by atoms with van der Waals surface area (Å²) in [6.45, 7) is 3.36. The Bertz CT molecular complexity index is 694. The van der Waals surface area contributed by atoms with Gasteiger partial charge in [0.2, 0.25) is 5.91 Å². The Hall–Kier alpha value is -2.21. The highest BCUT2D eigenvalue weighted by molar-refractivity contribution is 5.77. The normalized spacial score (nSPS) is 14.0. The molecule has 0 radical (unpaired) electrons. The molecule has 3 rings (SSSR count). The zero-order valence-corrected chi connectivity index (χ0v) is 13.2. The first-order chi connectivity index (χ1) is 11.1. The van der Waals surface area contributed by atoms with Crippen LogP contribution in [0.25, 0.3) is 5.69 Å². The maximum Gasteiger partial charge on any atom is 0.234 e. The van der Waals surface area contributed by atoms with Crippen LogP contribution in [0.2, 0.25) is 0 Å². The molecule has 0 atom stereocenters. The van der Waals surface area contributed by atoms with Gasteiger partial charge in [0.25, 0.3) is 0 Å². The fourth-order valence-electron chi connectivity index (χ4n) is 2.46. The lowest BCUT2D eigenvalue weighted by molar-refractivity contribution is -0.120. The molecule has 6 heteroatoms. The summed E-state index contributed by atoms with van der Waals surface area (Å²) in [5.41, 5.74) is 1.20. The topological polar surface area (TPSA) is 59.0 Å². The van der Waals surface area contributed by atoms with Crippen LogP contribution in [0.4, 0.5) is 4.39 Å². The van der Waals surface area contributed by atoms with Gasteiger partial charge in [-0.2, -0.15) is 0 Å². The highest BCUT2D eigenvalue weighted by atomic mass is 19.1. The van der Waals surface area contributed by atoms with Gasteiger partial charge in [0.05, 0.1) is 12.2 Å². The number of imidazole rings is 1. The number of nitrogens with one attached hydrogen (secondary N) is 2. The predicted octanol–water partition coefficient (Wildman–Crippen LogP) is 1.94. The van der Waals surface area contributed by atoms with Crippen molar-refractivity contribution in [1.82, 2.24) is 20.2 Å². The van der Waals surface area contributed by atoms with Crippen LogP contribution in [0.5, 0.6) is 0 Å². The third-order valence-corrected chi connectivity index (χ3v) is 4.00. The molecule has 1 aromatic carbocycles. The molecule has 0 spiro atoms. The summed E-state index contributed by atoms with van der Waals surface area (Å²) in [6.07, 6.45) is 5.88. The number of rotatable bonds is 7. The van der Waals surface area contributed by atoms with Gasteiger partial charge in [-0.15, -0.1) is 0 Å². The van der Waals surface area contributed by atoms with Crippen molar-refractivity contribution < 1.29 is 9.18 Å². The number of benzene rings is 1. The van der Waals surface area contributed by atoms with Crippen molar-refractivity contribution in [3.63, 3.8) is 0 Å². The van der Waals surface area contributed by atoms with Crippen molar-refractivity contribution in [1.29, 1.82) is 0 Å². The molecular weight excluding hydrogens is 295 g/mol. The van der Waals surface area contributed by atoms with Crippen LogP contribution in [0.15, 0.2) is 30.6 Å². The highest BCUT2D eigenvalue weighted by Gasteiger charge is 2.20. The Balaban J connectivity index is 1.53. The quantitative estimate of drug-likeness (QED) is 0.821. The maximum atomic E-state index is 14.2. The second kappa shape index (κ2) is 6.91. The second-order valence-corrected chi connectivity index (χ2v) is 5.98. The van der Waals surface area contributed by atoms with Crippen molar-refractivity contribution in [3.8, 4) is 5.69 Å². The molecule has 1 heterocycles. The molecule has 1 saturated carbocycles. The molecule has 1 aliphatic carbocycles. The summed E-state index contributed by atoms with van der Waals surface area (Å²) in [6, 6.07) is 4.97. The molecule has 1 aliphatic rings. The van der Waals surface area contributed by atoms with Gasteiger partial charge in [-0.1, -0.05) is 6.07 Å². The number of hydrogen-bond acceptors (Lipinski definition) is 3. The highest BCUT2D eigenvalue weighted by Crippen LogP contribution is 2.27. The zero-order chi connectivity index (χ0) is 16.2. The SMILES string of the molecule is Cc1nccn1-c1ccc(CNC(=O)CNCC2CC2)cc1F. The maximum absolute atomic E-state index is 14.2. The van der Waals surface area contributed by atoms with Gasteiger partial charge in [-0.25, -0.2) is 9.37 Å². The van der Waals surface area contributed by atoms with Crippen LogP contribution in [0.1, 0.15) is 24.2 Å². The lowest BCUT2D eigenvalue weighted by atomic mass is 10.2. The molecular formula is C17H21FN4O. The minimum atomic E-state index is -0.329. The van der Waals surface area contributed by atoms with Crippen LogP contribution in [0.3, 0.4) is 0 Å². The molecule has 0 saturated heterocycles. The van der Waals surface area contributed by atoms with Gasteiger partial charge in [0.1, 0.15) is 11.6 Å². The Kier molecular flexibility index (Phi) is 4.71. The van der Waals surface area contributed by atoms with Gasteiger partial charge < -0.3 is 15.2 Å². The van der Waals surface area contributed by atoms with Gasteiger partial charge in [-0.3, -0.25) is 4.79 Å². The minimum absolute atomic E-state index is 0.0689. The summed E-state index contributed by atoms with van der Waals surface area (Å²) < 4.78 is 15.9. The van der Waals surface area contributed by atoms with E-state index in [2.05, 4.69) is 15.6 Å². The number of hydrogen-bond donors (Lipinski definition) is 2. The molecule has 0 aliphatic heterocycles. The standard InChI is InChI=1S/C17H21FN4O/c1-12-20-6-7-22(12)16-5-4-14(8-15(16)18)10-21-17(23)11-19-9-13-2-3-13/h4-8,13,19H,2-3,9-11H2,1H3,(H,21,23). The van der Waals surface area contributed by atoms with Gasteiger partial charge in [0.15, 0.2) is 0 Å². The first-order valence-corrected chi connectivity index (χ1v) is 7.89. The van der Waals surface area contributed by atoms with Crippen molar-refractivity contribution in [2.75, 3.05) is 13.1 Å². The Labute approximate surface area is 134 Å². The second-order valence-electron chi connectivity index (χ2n) is 5.98. The van der Waals surface area contributed by atoms with Crippen molar-refractivity contribution in [2.45, 2.75) is 26.3 Å². The van der Waals surface area contributed by atoms with Crippen molar-refractivity contribution in [3.05, 3.63) is 47.8 Å². The summed E-state index contributed by atoms with van der Waals surface area (Å²) >= 11 is 0. The lowest BCUT2D eigenvalue weighted by Gasteiger charge is -2.10. The van der Waals surface area contributed by atoms with Crippen LogP contribution < -0.4 is 10.6 Å². The van der Waals surface area contributed by atoms with Crippen LogP contribution in [-0.2, 0) is 11.3 Å². The van der Waals surface area contributed by atoms with Gasteiger partial charge in [-0.05, 0) is 49.9 Å². The van der Waals surface area contributed by atoms with Crippen LogP contribution in [0, 0.1) is 18.7 Å². The molecule has 1 aromatic heterocycles. The molecule has 2 aromatic rings. The average Bonchev–Trinajstić information content (AvgIpc) is 3.26. The fourth-order valence-corrected chi connectivity index (χ4v) is 2.46. The summed E-state index contributed by atoms with van der Waals surface area (Å²) in [7, 11) is 0. The van der Waals surface area contributed by atoms with E-state index in [1.54, 1.807) is 23.0 Å². The Morgan fingerprint density at radius 3 is 2.91 bits per heavy atom. The van der Waals surface area contributed by atoms with E-state index in [-0.39, 0.29) is 11.7 Å². The van der Waals surface area contributed by atoms with Gasteiger partial charge >= 0.3 is 0 Å². The molecule has 122 valence electrons. The summed E-state index contributed by atoms with van der Waals surface area (Å²) in [5, 5.41) is 5.93. The van der Waals surface area contributed by atoms with E-state index in [9.17, 15) is 9.18 Å². The Morgan fingerprint density at radius 2 is 2.26 bits per heavy atom. The number of amides is 1. The fraction of sp³-hybridized carbons (Fsp3) is 0.412. The number of nitrogens with zero attached hydrogens (tertiary/aromatic N) is 2. The average molecular weight is 316 g/mol.